The summed E-state index contributed by atoms with van der Waals surface area (Å²) in [6.07, 6.45) is 5.22. The zero-order chi connectivity index (χ0) is 13.1. The van der Waals surface area contributed by atoms with Gasteiger partial charge in [0.2, 0.25) is 11.8 Å². The topological polar surface area (TPSA) is 37.4 Å². The van der Waals surface area contributed by atoms with Crippen molar-refractivity contribution in [3.05, 3.63) is 40.0 Å². The van der Waals surface area contributed by atoms with Crippen LogP contribution in [0.3, 0.4) is 0 Å². The molecule has 0 aromatic heterocycles. The third kappa shape index (κ3) is 1.49. The molecule has 2 fully saturated rings. The van der Waals surface area contributed by atoms with Gasteiger partial charge >= 0.3 is 0 Å². The van der Waals surface area contributed by atoms with E-state index in [9.17, 15) is 9.59 Å². The summed E-state index contributed by atoms with van der Waals surface area (Å²) in [5.74, 6) is 0.324. The van der Waals surface area contributed by atoms with Crippen molar-refractivity contribution in [2.75, 3.05) is 4.90 Å². The zero-order valence-corrected chi connectivity index (χ0v) is 12.3. The van der Waals surface area contributed by atoms with Crippen LogP contribution in [0.25, 0.3) is 0 Å². The van der Waals surface area contributed by atoms with Gasteiger partial charge < -0.3 is 0 Å². The number of amides is 2. The molecule has 1 aromatic rings. The van der Waals surface area contributed by atoms with Crippen molar-refractivity contribution in [1.82, 2.24) is 0 Å². The maximum atomic E-state index is 12.5. The van der Waals surface area contributed by atoms with Gasteiger partial charge in [-0.15, -0.1) is 0 Å². The number of nitrogens with zero attached hydrogens (tertiary/aromatic N) is 1. The number of anilines is 1. The summed E-state index contributed by atoms with van der Waals surface area (Å²) in [7, 11) is 0. The Labute approximate surface area is 124 Å². The van der Waals surface area contributed by atoms with E-state index in [1.54, 1.807) is 0 Å². The molecule has 0 N–H and O–H groups in total. The summed E-state index contributed by atoms with van der Waals surface area (Å²) < 4.78 is 1.10. The average Bonchev–Trinajstić information content (AvgIpc) is 3.06. The molecule has 19 heavy (non-hydrogen) atoms. The number of carbonyl (C=O) groups is 2. The average molecular weight is 365 g/mol. The summed E-state index contributed by atoms with van der Waals surface area (Å²) in [5.41, 5.74) is 0.712. The van der Waals surface area contributed by atoms with Crippen molar-refractivity contribution < 1.29 is 9.59 Å². The van der Waals surface area contributed by atoms with Crippen molar-refractivity contribution in [1.29, 1.82) is 0 Å². The highest BCUT2D eigenvalue weighted by molar-refractivity contribution is 14.1. The Morgan fingerprint density at radius 2 is 1.47 bits per heavy atom. The van der Waals surface area contributed by atoms with Crippen LogP contribution < -0.4 is 4.90 Å². The highest BCUT2D eigenvalue weighted by Gasteiger charge is 2.59. The second kappa shape index (κ2) is 3.91. The number of rotatable bonds is 1. The van der Waals surface area contributed by atoms with Crippen LogP contribution in [0.5, 0.6) is 0 Å². The van der Waals surface area contributed by atoms with E-state index in [1.165, 1.54) is 4.90 Å². The fourth-order valence-electron chi connectivity index (χ4n) is 3.75. The van der Waals surface area contributed by atoms with Crippen LogP contribution in [0.2, 0.25) is 0 Å². The van der Waals surface area contributed by atoms with E-state index in [2.05, 4.69) is 34.7 Å². The molecular formula is C15H12INO2. The van der Waals surface area contributed by atoms with E-state index in [1.807, 2.05) is 24.3 Å². The molecule has 2 bridgehead atoms. The number of hydrogen-bond donors (Lipinski definition) is 0. The van der Waals surface area contributed by atoms with E-state index in [0.717, 1.165) is 9.99 Å². The smallest absolute Gasteiger partial charge is 0.238 e. The lowest BCUT2D eigenvalue weighted by atomic mass is 9.85. The lowest BCUT2D eigenvalue weighted by molar-refractivity contribution is -0.123. The molecule has 96 valence electrons. The number of benzene rings is 1. The fourth-order valence-corrected chi connectivity index (χ4v) is 4.11. The van der Waals surface area contributed by atoms with Crippen molar-refractivity contribution in [2.45, 2.75) is 6.42 Å². The predicted octanol–water partition coefficient (Wildman–Crippen LogP) is 2.60. The zero-order valence-electron chi connectivity index (χ0n) is 10.1. The van der Waals surface area contributed by atoms with E-state index < -0.39 is 0 Å². The van der Waals surface area contributed by atoms with Crippen LogP contribution in [0, 0.1) is 27.2 Å². The maximum Gasteiger partial charge on any atom is 0.238 e. The van der Waals surface area contributed by atoms with E-state index in [4.69, 9.17) is 0 Å². The summed E-state index contributed by atoms with van der Waals surface area (Å²) in [4.78, 5) is 26.5. The van der Waals surface area contributed by atoms with Crippen LogP contribution in [-0.4, -0.2) is 11.8 Å². The molecule has 1 aliphatic heterocycles. The maximum absolute atomic E-state index is 12.5. The highest BCUT2D eigenvalue weighted by atomic mass is 127. The standard InChI is InChI=1S/C15H12INO2/c16-10-3-5-11(6-4-10)17-14(18)12-8-1-2-9(7-8)13(12)15(17)19/h1-6,8-9,12-13H,7H2/t8-,9+,12-,13+. The Bertz CT molecular complexity index is 577. The third-order valence-electron chi connectivity index (χ3n) is 4.56. The van der Waals surface area contributed by atoms with Crippen molar-refractivity contribution in [3.8, 4) is 0 Å². The van der Waals surface area contributed by atoms with Gasteiger partial charge in [-0.3, -0.25) is 14.5 Å². The molecule has 2 aliphatic carbocycles. The lowest BCUT2D eigenvalue weighted by Crippen LogP contribution is -2.32. The van der Waals surface area contributed by atoms with E-state index >= 15 is 0 Å². The van der Waals surface area contributed by atoms with Gasteiger partial charge in [-0.05, 0) is 65.1 Å². The minimum absolute atomic E-state index is 0.00643. The molecule has 1 saturated heterocycles. The van der Waals surface area contributed by atoms with Gasteiger partial charge in [0.1, 0.15) is 0 Å². The summed E-state index contributed by atoms with van der Waals surface area (Å²) in [5, 5.41) is 0. The van der Waals surface area contributed by atoms with Gasteiger partial charge in [0.15, 0.2) is 0 Å². The van der Waals surface area contributed by atoms with Crippen LogP contribution in [-0.2, 0) is 9.59 Å². The van der Waals surface area contributed by atoms with Crippen molar-refractivity contribution in [2.24, 2.45) is 23.7 Å². The first-order valence-corrected chi connectivity index (χ1v) is 7.56. The third-order valence-corrected chi connectivity index (χ3v) is 5.27. The number of fused-ring (bicyclic) bond motifs is 5. The van der Waals surface area contributed by atoms with Crippen LogP contribution in [0.15, 0.2) is 36.4 Å². The highest BCUT2D eigenvalue weighted by Crippen LogP contribution is 2.53. The molecule has 0 unspecified atom stereocenters. The first-order valence-electron chi connectivity index (χ1n) is 6.48. The van der Waals surface area contributed by atoms with Gasteiger partial charge in [0, 0.05) is 3.57 Å². The minimum Gasteiger partial charge on any atom is -0.274 e. The molecule has 1 heterocycles. The molecular weight excluding hydrogens is 353 g/mol. The molecule has 3 nitrogen and oxygen atoms in total. The molecule has 0 spiro atoms. The van der Waals surface area contributed by atoms with E-state index in [0.29, 0.717) is 5.69 Å². The lowest BCUT2D eigenvalue weighted by Gasteiger charge is -2.17. The summed E-state index contributed by atoms with van der Waals surface area (Å²) in [6.45, 7) is 0. The van der Waals surface area contributed by atoms with Crippen LogP contribution >= 0.6 is 22.6 Å². The summed E-state index contributed by atoms with van der Waals surface area (Å²) >= 11 is 2.22. The molecule has 4 atom stereocenters. The first kappa shape index (κ1) is 11.6. The normalized spacial score (nSPS) is 35.3. The Morgan fingerprint density at radius 3 is 2.00 bits per heavy atom. The number of halogens is 1. The van der Waals surface area contributed by atoms with Crippen molar-refractivity contribution >= 4 is 40.1 Å². The molecule has 1 saturated carbocycles. The predicted molar refractivity (Wildman–Crippen MR) is 79.4 cm³/mol. The second-order valence-electron chi connectivity index (χ2n) is 5.49. The first-order chi connectivity index (χ1) is 9.16. The molecule has 2 amide bonds. The van der Waals surface area contributed by atoms with Gasteiger partial charge in [-0.25, -0.2) is 0 Å². The number of carbonyl (C=O) groups excluding carboxylic acids is 2. The van der Waals surface area contributed by atoms with Gasteiger partial charge in [0.25, 0.3) is 0 Å². The molecule has 4 heteroatoms. The fraction of sp³-hybridized carbons (Fsp3) is 0.333. The molecule has 4 rings (SSSR count). The Balaban J connectivity index is 1.74. The van der Waals surface area contributed by atoms with Gasteiger partial charge in [-0.1, -0.05) is 12.2 Å². The quantitative estimate of drug-likeness (QED) is 0.436. The Kier molecular flexibility index (Phi) is 2.40. The van der Waals surface area contributed by atoms with Gasteiger partial charge in [0.05, 0.1) is 17.5 Å². The molecule has 0 radical (unpaired) electrons. The monoisotopic (exact) mass is 365 g/mol. The number of imide groups is 1. The SMILES string of the molecule is O=C1[C@@H]2[C@H](C(=O)N1c1ccc(I)cc1)[C@@H]1C=C[C@H]2C1. The second-order valence-corrected chi connectivity index (χ2v) is 6.73. The minimum atomic E-state index is -0.109. The van der Waals surface area contributed by atoms with Gasteiger partial charge in [-0.2, -0.15) is 0 Å². The van der Waals surface area contributed by atoms with Crippen LogP contribution in [0.4, 0.5) is 5.69 Å². The van der Waals surface area contributed by atoms with Crippen LogP contribution in [0.1, 0.15) is 6.42 Å². The Morgan fingerprint density at radius 1 is 0.947 bits per heavy atom. The number of allylic oxidation sites excluding steroid dienone is 2. The van der Waals surface area contributed by atoms with E-state index in [-0.39, 0.29) is 35.5 Å². The Hall–Kier alpha value is -1.17. The largest absolute Gasteiger partial charge is 0.274 e. The van der Waals surface area contributed by atoms with Crippen molar-refractivity contribution in [3.63, 3.8) is 0 Å². The molecule has 3 aliphatic rings. The number of hydrogen-bond acceptors (Lipinski definition) is 2. The summed E-state index contributed by atoms with van der Waals surface area (Å²) in [6, 6.07) is 7.57. The molecule has 1 aromatic carbocycles.